The Kier molecular flexibility index (Phi) is 2.88. The lowest BCUT2D eigenvalue weighted by atomic mass is 10.2. The van der Waals surface area contributed by atoms with E-state index in [0.29, 0.717) is 0 Å². The lowest BCUT2D eigenvalue weighted by molar-refractivity contribution is 1.09. The van der Waals surface area contributed by atoms with Crippen LogP contribution < -0.4 is 5.32 Å². The summed E-state index contributed by atoms with van der Waals surface area (Å²) in [5.74, 6) is 0.887. The summed E-state index contributed by atoms with van der Waals surface area (Å²) in [6.07, 6.45) is 3.63. The van der Waals surface area contributed by atoms with Gasteiger partial charge < -0.3 is 5.32 Å². The molecule has 0 atom stereocenters. The van der Waals surface area contributed by atoms with Gasteiger partial charge in [0.25, 0.3) is 0 Å². The molecule has 3 rings (SSSR count). The van der Waals surface area contributed by atoms with Crippen LogP contribution in [-0.2, 0) is 6.54 Å². The van der Waals surface area contributed by atoms with Crippen molar-refractivity contribution in [3.05, 3.63) is 66.5 Å². The molecular formula is C15H13N3. The minimum Gasteiger partial charge on any atom is -0.366 e. The first-order valence-corrected chi connectivity index (χ1v) is 5.90. The third-order valence-corrected chi connectivity index (χ3v) is 2.79. The molecule has 0 amide bonds. The molecule has 2 heterocycles. The van der Waals surface area contributed by atoms with Crippen LogP contribution in [0, 0.1) is 0 Å². The largest absolute Gasteiger partial charge is 0.366 e. The van der Waals surface area contributed by atoms with E-state index in [1.54, 1.807) is 6.20 Å². The van der Waals surface area contributed by atoms with Crippen LogP contribution in [-0.4, -0.2) is 9.97 Å². The molecule has 0 spiro atoms. The van der Waals surface area contributed by atoms with Crippen LogP contribution in [0.3, 0.4) is 0 Å². The van der Waals surface area contributed by atoms with Crippen LogP contribution in [0.1, 0.15) is 5.56 Å². The molecule has 18 heavy (non-hydrogen) atoms. The highest BCUT2D eigenvalue weighted by molar-refractivity contribution is 5.80. The van der Waals surface area contributed by atoms with Gasteiger partial charge in [0.2, 0.25) is 0 Å². The second kappa shape index (κ2) is 4.84. The first kappa shape index (κ1) is 10.7. The summed E-state index contributed by atoms with van der Waals surface area (Å²) in [4.78, 5) is 8.65. The van der Waals surface area contributed by atoms with E-state index in [4.69, 9.17) is 0 Å². The lowest BCUT2D eigenvalue weighted by Gasteiger charge is -2.06. The Morgan fingerprint density at radius 1 is 0.944 bits per heavy atom. The fraction of sp³-hybridized carbons (Fsp3) is 0.0667. The Hall–Kier alpha value is -2.42. The monoisotopic (exact) mass is 235 g/mol. The van der Waals surface area contributed by atoms with Gasteiger partial charge in [-0.25, -0.2) is 4.98 Å². The van der Waals surface area contributed by atoms with Crippen molar-refractivity contribution in [2.75, 3.05) is 5.32 Å². The molecule has 0 unspecified atom stereocenters. The van der Waals surface area contributed by atoms with Gasteiger partial charge in [-0.05, 0) is 29.8 Å². The van der Waals surface area contributed by atoms with Crippen LogP contribution in [0.25, 0.3) is 10.9 Å². The molecule has 0 bridgehead atoms. The van der Waals surface area contributed by atoms with E-state index >= 15 is 0 Å². The molecule has 3 aromatic rings. The van der Waals surface area contributed by atoms with E-state index in [-0.39, 0.29) is 0 Å². The highest BCUT2D eigenvalue weighted by Gasteiger charge is 1.97. The van der Waals surface area contributed by atoms with E-state index in [2.05, 4.69) is 27.4 Å². The number of rotatable bonds is 3. The molecule has 0 radical (unpaired) electrons. The summed E-state index contributed by atoms with van der Waals surface area (Å²) in [5.41, 5.74) is 2.15. The second-order valence-electron chi connectivity index (χ2n) is 4.10. The SMILES string of the molecule is c1cncc(CNc2ccc3ccccc3n2)c1. The molecule has 2 aromatic heterocycles. The van der Waals surface area contributed by atoms with Gasteiger partial charge in [-0.15, -0.1) is 0 Å². The highest BCUT2D eigenvalue weighted by atomic mass is 15.0. The Morgan fingerprint density at radius 2 is 1.89 bits per heavy atom. The van der Waals surface area contributed by atoms with Gasteiger partial charge in [-0.1, -0.05) is 24.3 Å². The number of benzene rings is 1. The zero-order valence-corrected chi connectivity index (χ0v) is 9.88. The maximum Gasteiger partial charge on any atom is 0.126 e. The number of aromatic nitrogens is 2. The maximum atomic E-state index is 4.56. The van der Waals surface area contributed by atoms with E-state index in [1.165, 1.54) is 0 Å². The summed E-state index contributed by atoms with van der Waals surface area (Å²) >= 11 is 0. The fourth-order valence-corrected chi connectivity index (χ4v) is 1.86. The molecule has 0 fully saturated rings. The molecule has 3 heteroatoms. The van der Waals surface area contributed by atoms with Crippen molar-refractivity contribution >= 4 is 16.7 Å². The minimum absolute atomic E-state index is 0.735. The van der Waals surface area contributed by atoms with Gasteiger partial charge in [0.15, 0.2) is 0 Å². The molecule has 0 aliphatic carbocycles. The van der Waals surface area contributed by atoms with E-state index in [0.717, 1.165) is 28.8 Å². The van der Waals surface area contributed by atoms with Crippen molar-refractivity contribution in [1.82, 2.24) is 9.97 Å². The van der Waals surface area contributed by atoms with Crippen LogP contribution >= 0.6 is 0 Å². The number of nitrogens with one attached hydrogen (secondary N) is 1. The van der Waals surface area contributed by atoms with Crippen LogP contribution in [0.4, 0.5) is 5.82 Å². The smallest absolute Gasteiger partial charge is 0.126 e. The molecule has 3 nitrogen and oxygen atoms in total. The maximum absolute atomic E-state index is 4.56. The first-order valence-electron chi connectivity index (χ1n) is 5.90. The average Bonchev–Trinajstić information content (AvgIpc) is 2.46. The molecule has 0 saturated carbocycles. The van der Waals surface area contributed by atoms with Crippen molar-refractivity contribution in [1.29, 1.82) is 0 Å². The van der Waals surface area contributed by atoms with Crippen LogP contribution in [0.2, 0.25) is 0 Å². The van der Waals surface area contributed by atoms with Gasteiger partial charge in [0.1, 0.15) is 5.82 Å². The van der Waals surface area contributed by atoms with Gasteiger partial charge in [0, 0.05) is 24.3 Å². The van der Waals surface area contributed by atoms with E-state index < -0.39 is 0 Å². The molecule has 1 aromatic carbocycles. The normalized spacial score (nSPS) is 10.4. The van der Waals surface area contributed by atoms with Crippen molar-refractivity contribution < 1.29 is 0 Å². The zero-order valence-electron chi connectivity index (χ0n) is 9.88. The van der Waals surface area contributed by atoms with Crippen LogP contribution in [0.5, 0.6) is 0 Å². The fourth-order valence-electron chi connectivity index (χ4n) is 1.86. The van der Waals surface area contributed by atoms with Crippen molar-refractivity contribution in [3.63, 3.8) is 0 Å². The van der Waals surface area contributed by atoms with Gasteiger partial charge in [0.05, 0.1) is 5.52 Å². The standard InChI is InChI=1S/C15H13N3/c1-2-6-14-13(5-1)7-8-15(18-14)17-11-12-4-3-9-16-10-12/h1-10H,11H2,(H,17,18). The zero-order chi connectivity index (χ0) is 12.2. The van der Waals surface area contributed by atoms with Gasteiger partial charge in [-0.3, -0.25) is 4.98 Å². The van der Waals surface area contributed by atoms with Gasteiger partial charge in [-0.2, -0.15) is 0 Å². The summed E-state index contributed by atoms with van der Waals surface area (Å²) in [5, 5.41) is 4.46. The summed E-state index contributed by atoms with van der Waals surface area (Å²) < 4.78 is 0. The number of anilines is 1. The average molecular weight is 235 g/mol. The summed E-state index contributed by atoms with van der Waals surface area (Å²) in [6, 6.07) is 16.2. The van der Waals surface area contributed by atoms with Crippen molar-refractivity contribution in [2.45, 2.75) is 6.54 Å². The minimum atomic E-state index is 0.735. The van der Waals surface area contributed by atoms with E-state index in [9.17, 15) is 0 Å². The highest BCUT2D eigenvalue weighted by Crippen LogP contribution is 2.14. The lowest BCUT2D eigenvalue weighted by Crippen LogP contribution is -2.01. The number of para-hydroxylation sites is 1. The predicted molar refractivity (Wildman–Crippen MR) is 73.3 cm³/mol. The first-order chi connectivity index (χ1) is 8.92. The Morgan fingerprint density at radius 3 is 2.78 bits per heavy atom. The number of pyridine rings is 2. The topological polar surface area (TPSA) is 37.8 Å². The predicted octanol–water partition coefficient (Wildman–Crippen LogP) is 3.24. The Bertz CT molecular complexity index is 650. The number of fused-ring (bicyclic) bond motifs is 1. The number of hydrogen-bond acceptors (Lipinski definition) is 3. The third kappa shape index (κ3) is 2.30. The van der Waals surface area contributed by atoms with Crippen molar-refractivity contribution in [2.24, 2.45) is 0 Å². The molecule has 0 aliphatic heterocycles. The van der Waals surface area contributed by atoms with Crippen molar-refractivity contribution in [3.8, 4) is 0 Å². The Labute approximate surface area is 106 Å². The number of nitrogens with zero attached hydrogens (tertiary/aromatic N) is 2. The van der Waals surface area contributed by atoms with Crippen LogP contribution in [0.15, 0.2) is 60.9 Å². The summed E-state index contributed by atoms with van der Waals surface area (Å²) in [7, 11) is 0. The summed E-state index contributed by atoms with van der Waals surface area (Å²) in [6.45, 7) is 0.735. The van der Waals surface area contributed by atoms with E-state index in [1.807, 2.05) is 42.6 Å². The van der Waals surface area contributed by atoms with Gasteiger partial charge >= 0.3 is 0 Å². The quantitative estimate of drug-likeness (QED) is 0.757. The Balaban J connectivity index is 1.79. The molecule has 0 aliphatic rings. The molecule has 0 saturated heterocycles. The second-order valence-corrected chi connectivity index (χ2v) is 4.10. The molecule has 88 valence electrons. The number of hydrogen-bond donors (Lipinski definition) is 1. The third-order valence-electron chi connectivity index (χ3n) is 2.79. The molecule has 1 N–H and O–H groups in total. The molecular weight excluding hydrogens is 222 g/mol.